The molecule has 0 fully saturated rings. The molecule has 1 N–H and O–H groups in total. The second-order valence-electron chi connectivity index (χ2n) is 4.17. The maximum atomic E-state index is 11.9. The van der Waals surface area contributed by atoms with Gasteiger partial charge in [-0.2, -0.15) is 0 Å². The van der Waals surface area contributed by atoms with Crippen molar-refractivity contribution < 1.29 is 33.7 Å². The van der Waals surface area contributed by atoms with Gasteiger partial charge in [-0.3, -0.25) is 4.79 Å². The highest BCUT2D eigenvalue weighted by molar-refractivity contribution is 6.01. The predicted molar refractivity (Wildman–Crippen MR) is 71.2 cm³/mol. The molecule has 7 heteroatoms. The number of carbonyl (C=O) groups excluding carboxylic acids is 3. The fraction of sp³-hybridized carbons (Fsp3) is 0.357. The molecule has 0 radical (unpaired) electrons. The Morgan fingerprint density at radius 3 is 2.00 bits per heavy atom. The summed E-state index contributed by atoms with van der Waals surface area (Å²) in [5.41, 5.74) is 0.261. The minimum atomic E-state index is -0.792. The smallest absolute Gasteiger partial charge is 0.341 e. The Kier molecular flexibility index (Phi) is 5.29. The van der Waals surface area contributed by atoms with Crippen molar-refractivity contribution in [3.63, 3.8) is 0 Å². The summed E-state index contributed by atoms with van der Waals surface area (Å²) in [7, 11) is 3.53. The first-order valence-electron chi connectivity index (χ1n) is 5.96. The molecule has 0 unspecified atom stereocenters. The molecule has 0 atom stereocenters. The van der Waals surface area contributed by atoms with Crippen LogP contribution in [0.3, 0.4) is 0 Å². The predicted octanol–water partition coefficient (Wildman–Crippen LogP) is 0.989. The number of aromatic hydroxyl groups is 1. The monoisotopic (exact) mass is 296 g/mol. The van der Waals surface area contributed by atoms with E-state index in [2.05, 4.69) is 14.2 Å². The molecule has 114 valence electrons. The zero-order chi connectivity index (χ0) is 16.2. The second kappa shape index (κ2) is 6.74. The van der Waals surface area contributed by atoms with Gasteiger partial charge in [-0.15, -0.1) is 0 Å². The van der Waals surface area contributed by atoms with Gasteiger partial charge in [-0.1, -0.05) is 0 Å². The van der Waals surface area contributed by atoms with E-state index in [0.717, 1.165) is 13.2 Å². The Hall–Kier alpha value is -2.57. The molecule has 0 amide bonds. The van der Waals surface area contributed by atoms with Crippen molar-refractivity contribution in [2.75, 3.05) is 21.3 Å². The van der Waals surface area contributed by atoms with E-state index in [4.69, 9.17) is 0 Å². The number of hydrogen-bond acceptors (Lipinski definition) is 7. The molecule has 1 aromatic carbocycles. The quantitative estimate of drug-likeness (QED) is 0.653. The molecule has 0 aliphatic carbocycles. The van der Waals surface area contributed by atoms with Gasteiger partial charge in [0.1, 0.15) is 11.3 Å². The number of hydrogen-bond donors (Lipinski definition) is 1. The lowest BCUT2D eigenvalue weighted by molar-refractivity contribution is -0.139. The van der Waals surface area contributed by atoms with E-state index in [1.54, 1.807) is 0 Å². The lowest BCUT2D eigenvalue weighted by Gasteiger charge is -2.15. The molecule has 0 heterocycles. The fourth-order valence-electron chi connectivity index (χ4n) is 1.98. The van der Waals surface area contributed by atoms with Crippen LogP contribution in [0.25, 0.3) is 0 Å². The number of phenols is 1. The lowest BCUT2D eigenvalue weighted by Crippen LogP contribution is -2.16. The number of rotatable bonds is 4. The maximum absolute atomic E-state index is 11.9. The Morgan fingerprint density at radius 2 is 1.52 bits per heavy atom. The highest BCUT2D eigenvalue weighted by Crippen LogP contribution is 2.29. The molecule has 0 aromatic heterocycles. The molecule has 0 spiro atoms. The largest absolute Gasteiger partial charge is 0.507 e. The van der Waals surface area contributed by atoms with Crippen molar-refractivity contribution in [3.8, 4) is 5.75 Å². The van der Waals surface area contributed by atoms with Gasteiger partial charge in [0.15, 0.2) is 0 Å². The Morgan fingerprint density at radius 1 is 1.00 bits per heavy atom. The van der Waals surface area contributed by atoms with Gasteiger partial charge in [0.25, 0.3) is 0 Å². The van der Waals surface area contributed by atoms with Crippen molar-refractivity contribution in [1.29, 1.82) is 0 Å². The third-order valence-corrected chi connectivity index (χ3v) is 2.98. The number of methoxy groups -OCH3 is 3. The van der Waals surface area contributed by atoms with E-state index in [9.17, 15) is 19.5 Å². The summed E-state index contributed by atoms with van der Waals surface area (Å²) < 4.78 is 13.8. The second-order valence-corrected chi connectivity index (χ2v) is 4.17. The SMILES string of the molecule is COC(=O)Cc1cc(O)c(C(=O)OC)c(C)c1C(=O)OC. The fourth-order valence-corrected chi connectivity index (χ4v) is 1.98. The minimum absolute atomic E-state index is 0.0288. The van der Waals surface area contributed by atoms with Crippen LogP contribution >= 0.6 is 0 Å². The van der Waals surface area contributed by atoms with Crippen LogP contribution in [0.5, 0.6) is 5.75 Å². The van der Waals surface area contributed by atoms with Crippen LogP contribution in [0.4, 0.5) is 0 Å². The molecular formula is C14H16O7. The van der Waals surface area contributed by atoms with Crippen LogP contribution in [0.2, 0.25) is 0 Å². The molecule has 21 heavy (non-hydrogen) atoms. The van der Waals surface area contributed by atoms with Gasteiger partial charge in [-0.05, 0) is 24.1 Å². The average molecular weight is 296 g/mol. The van der Waals surface area contributed by atoms with Crippen LogP contribution in [0.1, 0.15) is 31.8 Å². The molecular weight excluding hydrogens is 280 g/mol. The summed E-state index contributed by atoms with van der Waals surface area (Å²) in [6, 6.07) is 1.16. The maximum Gasteiger partial charge on any atom is 0.341 e. The van der Waals surface area contributed by atoms with E-state index in [0.29, 0.717) is 0 Å². The standard InChI is InChI=1S/C14H16O7/c1-7-11(13(17)20-3)8(6-10(16)19-2)5-9(15)12(7)14(18)21-4/h5,15H,6H2,1-4H3. The number of phenolic OH excluding ortho intramolecular Hbond substituents is 1. The number of esters is 3. The summed E-state index contributed by atoms with van der Waals surface area (Å²) in [4.78, 5) is 35.0. The van der Waals surface area contributed by atoms with Gasteiger partial charge in [0.05, 0.1) is 33.3 Å². The number of ether oxygens (including phenoxy) is 3. The van der Waals surface area contributed by atoms with E-state index in [1.165, 1.54) is 21.1 Å². The highest BCUT2D eigenvalue weighted by atomic mass is 16.5. The van der Waals surface area contributed by atoms with Crippen LogP contribution in [0.15, 0.2) is 6.07 Å². The molecule has 7 nitrogen and oxygen atoms in total. The lowest BCUT2D eigenvalue weighted by atomic mass is 9.94. The van der Waals surface area contributed by atoms with Crippen LogP contribution in [0, 0.1) is 6.92 Å². The first-order chi connectivity index (χ1) is 9.87. The molecule has 0 saturated heterocycles. The molecule has 1 aromatic rings. The Bertz CT molecular complexity index is 589. The normalized spacial score (nSPS) is 9.90. The minimum Gasteiger partial charge on any atom is -0.507 e. The van der Waals surface area contributed by atoms with Crippen molar-refractivity contribution in [1.82, 2.24) is 0 Å². The zero-order valence-electron chi connectivity index (χ0n) is 12.2. The third-order valence-electron chi connectivity index (χ3n) is 2.98. The third kappa shape index (κ3) is 3.31. The van der Waals surface area contributed by atoms with Crippen molar-refractivity contribution in [3.05, 3.63) is 28.3 Å². The molecule has 1 rings (SSSR count). The van der Waals surface area contributed by atoms with Crippen LogP contribution in [-0.2, 0) is 25.4 Å². The van der Waals surface area contributed by atoms with Gasteiger partial charge in [-0.25, -0.2) is 9.59 Å². The highest BCUT2D eigenvalue weighted by Gasteiger charge is 2.26. The van der Waals surface area contributed by atoms with E-state index >= 15 is 0 Å². The van der Waals surface area contributed by atoms with Gasteiger partial charge >= 0.3 is 17.9 Å². The van der Waals surface area contributed by atoms with Crippen molar-refractivity contribution in [2.45, 2.75) is 13.3 Å². The molecule has 0 bridgehead atoms. The first kappa shape index (κ1) is 16.5. The molecule has 0 saturated carbocycles. The summed E-state index contributed by atoms with van der Waals surface area (Å²) in [6.45, 7) is 1.46. The summed E-state index contributed by atoms with van der Waals surface area (Å²) in [5.74, 6) is -2.49. The van der Waals surface area contributed by atoms with Crippen LogP contribution in [-0.4, -0.2) is 44.3 Å². The van der Waals surface area contributed by atoms with E-state index in [1.807, 2.05) is 0 Å². The molecule has 0 aliphatic rings. The van der Waals surface area contributed by atoms with Gasteiger partial charge in [0, 0.05) is 0 Å². The van der Waals surface area contributed by atoms with Crippen molar-refractivity contribution >= 4 is 17.9 Å². The van der Waals surface area contributed by atoms with Crippen LogP contribution < -0.4 is 0 Å². The number of benzene rings is 1. The van der Waals surface area contributed by atoms with E-state index in [-0.39, 0.29) is 34.4 Å². The van der Waals surface area contributed by atoms with E-state index < -0.39 is 17.9 Å². The number of carbonyl (C=O) groups is 3. The zero-order valence-corrected chi connectivity index (χ0v) is 12.2. The Balaban J connectivity index is 3.55. The van der Waals surface area contributed by atoms with Gasteiger partial charge < -0.3 is 19.3 Å². The summed E-state index contributed by atoms with van der Waals surface area (Å²) >= 11 is 0. The molecule has 0 aliphatic heterocycles. The van der Waals surface area contributed by atoms with Crippen molar-refractivity contribution in [2.24, 2.45) is 0 Å². The average Bonchev–Trinajstić information content (AvgIpc) is 2.45. The Labute approximate surface area is 121 Å². The summed E-state index contributed by atoms with van der Waals surface area (Å²) in [6.07, 6.45) is -0.239. The first-order valence-corrected chi connectivity index (χ1v) is 5.96. The van der Waals surface area contributed by atoms with Gasteiger partial charge in [0.2, 0.25) is 0 Å². The summed E-state index contributed by atoms with van der Waals surface area (Å²) in [5, 5.41) is 9.93. The topological polar surface area (TPSA) is 99.1 Å².